The van der Waals surface area contributed by atoms with Crippen LogP contribution in [0.5, 0.6) is 5.75 Å². The lowest BCUT2D eigenvalue weighted by Crippen LogP contribution is -2.41. The summed E-state index contributed by atoms with van der Waals surface area (Å²) >= 11 is 0. The second-order valence-electron chi connectivity index (χ2n) is 4.99. The zero-order valence-electron chi connectivity index (χ0n) is 11.5. The summed E-state index contributed by atoms with van der Waals surface area (Å²) in [6, 6.07) is 9.87. The van der Waals surface area contributed by atoms with Gasteiger partial charge in [-0.1, -0.05) is 18.2 Å². The molecule has 18 heavy (non-hydrogen) atoms. The Morgan fingerprint density at radius 1 is 1.28 bits per heavy atom. The van der Waals surface area contributed by atoms with Crippen molar-refractivity contribution in [1.29, 1.82) is 0 Å². The minimum absolute atomic E-state index is 0.123. The molecule has 0 heterocycles. The summed E-state index contributed by atoms with van der Waals surface area (Å²) in [5, 5.41) is 0. The van der Waals surface area contributed by atoms with Crippen LogP contribution in [0.1, 0.15) is 26.7 Å². The maximum Gasteiger partial charge on any atom is 0.119 e. The molecule has 0 saturated heterocycles. The molecule has 0 aromatic heterocycles. The van der Waals surface area contributed by atoms with E-state index in [2.05, 4.69) is 19.3 Å². The maximum atomic E-state index is 5.67. The van der Waals surface area contributed by atoms with Crippen LogP contribution in [0.15, 0.2) is 30.3 Å². The minimum Gasteiger partial charge on any atom is -0.492 e. The third-order valence-corrected chi connectivity index (χ3v) is 3.08. The Kier molecular flexibility index (Phi) is 6.12. The van der Waals surface area contributed by atoms with E-state index in [1.807, 2.05) is 30.3 Å². The third-order valence-electron chi connectivity index (χ3n) is 3.08. The molecule has 0 aliphatic carbocycles. The van der Waals surface area contributed by atoms with Gasteiger partial charge in [-0.05, 0) is 38.8 Å². The van der Waals surface area contributed by atoms with Crippen molar-refractivity contribution in [1.82, 2.24) is 5.43 Å². The standard InChI is InChI=1S/C14H24N2O2/c1-14(2,17-3)10-9-12(16-15)11-18-13-7-5-4-6-8-13/h4-8,12,16H,9-11,15H2,1-3H3. The molecule has 1 aromatic rings. The SMILES string of the molecule is COC(C)(C)CCC(COc1ccccc1)NN. The Balaban J connectivity index is 2.34. The molecule has 0 bridgehead atoms. The Hall–Kier alpha value is -1.10. The van der Waals surface area contributed by atoms with Crippen molar-refractivity contribution in [2.45, 2.75) is 38.3 Å². The Bertz CT molecular complexity index is 328. The number of nitrogens with one attached hydrogen (secondary N) is 1. The Labute approximate surface area is 109 Å². The second-order valence-corrected chi connectivity index (χ2v) is 4.99. The quantitative estimate of drug-likeness (QED) is 0.549. The highest BCUT2D eigenvalue weighted by Gasteiger charge is 2.19. The van der Waals surface area contributed by atoms with E-state index in [-0.39, 0.29) is 11.6 Å². The molecule has 1 aromatic carbocycles. The lowest BCUT2D eigenvalue weighted by atomic mass is 9.99. The zero-order chi connectivity index (χ0) is 13.4. The summed E-state index contributed by atoms with van der Waals surface area (Å²) in [6.07, 6.45) is 1.83. The summed E-state index contributed by atoms with van der Waals surface area (Å²) in [5.74, 6) is 6.40. The van der Waals surface area contributed by atoms with Crippen LogP contribution in [0.3, 0.4) is 0 Å². The van der Waals surface area contributed by atoms with Gasteiger partial charge in [0.1, 0.15) is 12.4 Å². The van der Waals surface area contributed by atoms with E-state index < -0.39 is 0 Å². The molecule has 0 spiro atoms. The molecule has 1 rings (SSSR count). The molecular formula is C14H24N2O2. The van der Waals surface area contributed by atoms with Gasteiger partial charge in [0.05, 0.1) is 11.6 Å². The predicted molar refractivity (Wildman–Crippen MR) is 73.4 cm³/mol. The third kappa shape index (κ3) is 5.49. The minimum atomic E-state index is -0.123. The van der Waals surface area contributed by atoms with Crippen molar-refractivity contribution in [3.63, 3.8) is 0 Å². The van der Waals surface area contributed by atoms with E-state index in [4.69, 9.17) is 15.3 Å². The lowest BCUT2D eigenvalue weighted by molar-refractivity contribution is 0.0106. The molecule has 1 atom stereocenters. The van der Waals surface area contributed by atoms with Crippen LogP contribution in [0.4, 0.5) is 0 Å². The molecule has 0 aliphatic heterocycles. The van der Waals surface area contributed by atoms with Crippen LogP contribution in [-0.4, -0.2) is 25.4 Å². The summed E-state index contributed by atoms with van der Waals surface area (Å²) in [6.45, 7) is 4.69. The number of benzene rings is 1. The van der Waals surface area contributed by atoms with Gasteiger partial charge in [-0.3, -0.25) is 11.3 Å². The van der Waals surface area contributed by atoms with Gasteiger partial charge in [0.25, 0.3) is 0 Å². The van der Waals surface area contributed by atoms with Crippen LogP contribution in [0.25, 0.3) is 0 Å². The van der Waals surface area contributed by atoms with Crippen LogP contribution in [0.2, 0.25) is 0 Å². The van der Waals surface area contributed by atoms with E-state index in [9.17, 15) is 0 Å². The number of nitrogens with two attached hydrogens (primary N) is 1. The van der Waals surface area contributed by atoms with E-state index in [1.165, 1.54) is 0 Å². The Morgan fingerprint density at radius 3 is 2.50 bits per heavy atom. The molecule has 4 heteroatoms. The van der Waals surface area contributed by atoms with Crippen LogP contribution >= 0.6 is 0 Å². The zero-order valence-corrected chi connectivity index (χ0v) is 11.5. The summed E-state index contributed by atoms with van der Waals surface area (Å²) in [7, 11) is 1.73. The second kappa shape index (κ2) is 7.36. The van der Waals surface area contributed by atoms with Gasteiger partial charge in [-0.2, -0.15) is 0 Å². The van der Waals surface area contributed by atoms with E-state index in [0.29, 0.717) is 6.61 Å². The fourth-order valence-corrected chi connectivity index (χ4v) is 1.55. The fraction of sp³-hybridized carbons (Fsp3) is 0.571. The van der Waals surface area contributed by atoms with E-state index in [0.717, 1.165) is 18.6 Å². The van der Waals surface area contributed by atoms with Gasteiger partial charge >= 0.3 is 0 Å². The first-order valence-electron chi connectivity index (χ1n) is 6.26. The molecule has 1 unspecified atom stereocenters. The topological polar surface area (TPSA) is 56.5 Å². The van der Waals surface area contributed by atoms with Gasteiger partial charge in [-0.25, -0.2) is 0 Å². The number of ether oxygens (including phenoxy) is 2. The molecular weight excluding hydrogens is 228 g/mol. The molecule has 3 N–H and O–H groups in total. The van der Waals surface area contributed by atoms with Crippen molar-refractivity contribution in [3.8, 4) is 5.75 Å². The molecule has 0 radical (unpaired) electrons. The Morgan fingerprint density at radius 2 is 1.94 bits per heavy atom. The van der Waals surface area contributed by atoms with Crippen molar-refractivity contribution in [3.05, 3.63) is 30.3 Å². The summed E-state index contributed by atoms with van der Waals surface area (Å²) in [5.41, 5.74) is 2.67. The van der Waals surface area contributed by atoms with E-state index >= 15 is 0 Å². The molecule has 0 fully saturated rings. The van der Waals surface area contributed by atoms with Gasteiger partial charge < -0.3 is 9.47 Å². The van der Waals surface area contributed by atoms with Gasteiger partial charge in [-0.15, -0.1) is 0 Å². The highest BCUT2D eigenvalue weighted by atomic mass is 16.5. The lowest BCUT2D eigenvalue weighted by Gasteiger charge is -2.25. The smallest absolute Gasteiger partial charge is 0.119 e. The van der Waals surface area contributed by atoms with Gasteiger partial charge in [0.2, 0.25) is 0 Å². The van der Waals surface area contributed by atoms with Crippen molar-refractivity contribution < 1.29 is 9.47 Å². The first-order valence-corrected chi connectivity index (χ1v) is 6.26. The number of para-hydroxylation sites is 1. The number of hydrazine groups is 1. The highest BCUT2D eigenvalue weighted by molar-refractivity contribution is 5.20. The molecule has 0 amide bonds. The average molecular weight is 252 g/mol. The number of rotatable bonds is 8. The van der Waals surface area contributed by atoms with Crippen LogP contribution in [0, 0.1) is 0 Å². The van der Waals surface area contributed by atoms with Crippen LogP contribution in [-0.2, 0) is 4.74 Å². The number of hydrogen-bond donors (Lipinski definition) is 2. The van der Waals surface area contributed by atoms with Crippen LogP contribution < -0.4 is 16.0 Å². The largest absolute Gasteiger partial charge is 0.492 e. The number of hydrogen-bond acceptors (Lipinski definition) is 4. The summed E-state index contributed by atoms with van der Waals surface area (Å²) in [4.78, 5) is 0. The van der Waals surface area contributed by atoms with Crippen molar-refractivity contribution in [2.75, 3.05) is 13.7 Å². The molecule has 0 saturated carbocycles. The summed E-state index contributed by atoms with van der Waals surface area (Å²) < 4.78 is 11.1. The van der Waals surface area contributed by atoms with Crippen molar-refractivity contribution in [2.24, 2.45) is 5.84 Å². The first-order chi connectivity index (χ1) is 8.57. The molecule has 102 valence electrons. The molecule has 4 nitrogen and oxygen atoms in total. The van der Waals surface area contributed by atoms with Crippen molar-refractivity contribution >= 4 is 0 Å². The normalized spacial score (nSPS) is 13.3. The van der Waals surface area contributed by atoms with E-state index in [1.54, 1.807) is 7.11 Å². The number of methoxy groups -OCH3 is 1. The average Bonchev–Trinajstić information content (AvgIpc) is 2.40. The fourth-order valence-electron chi connectivity index (χ4n) is 1.55. The van der Waals surface area contributed by atoms with Gasteiger partial charge in [0.15, 0.2) is 0 Å². The molecule has 0 aliphatic rings. The maximum absolute atomic E-state index is 5.67. The monoisotopic (exact) mass is 252 g/mol. The predicted octanol–water partition coefficient (Wildman–Crippen LogP) is 2.10. The first kappa shape index (κ1) is 15.0. The van der Waals surface area contributed by atoms with Gasteiger partial charge in [0, 0.05) is 7.11 Å². The highest BCUT2D eigenvalue weighted by Crippen LogP contribution is 2.17.